The molecule has 1 N–H and O–H groups in total. The number of piperazine rings is 1. The molecule has 1 fully saturated rings. The quantitative estimate of drug-likeness (QED) is 0.629. The highest BCUT2D eigenvalue weighted by molar-refractivity contribution is 7.18. The molecule has 0 bridgehead atoms. The molecule has 0 aliphatic carbocycles. The van der Waals surface area contributed by atoms with Gasteiger partial charge in [-0.3, -0.25) is 4.79 Å². The third-order valence-electron chi connectivity index (χ3n) is 5.66. The number of nitrogens with zero attached hydrogens (tertiary/aromatic N) is 2. The van der Waals surface area contributed by atoms with Gasteiger partial charge < -0.3 is 19.3 Å². The zero-order valence-corrected chi connectivity index (χ0v) is 18.3. The molecule has 1 aliphatic rings. The van der Waals surface area contributed by atoms with Gasteiger partial charge in [-0.1, -0.05) is 24.3 Å². The monoisotopic (exact) mass is 426 g/mol. The van der Waals surface area contributed by atoms with Crippen molar-refractivity contribution in [1.29, 1.82) is 0 Å². The molecule has 30 heavy (non-hydrogen) atoms. The van der Waals surface area contributed by atoms with Crippen molar-refractivity contribution in [3.8, 4) is 11.5 Å². The van der Waals surface area contributed by atoms with Gasteiger partial charge in [-0.15, -0.1) is 11.3 Å². The molecule has 0 saturated carbocycles. The van der Waals surface area contributed by atoms with E-state index in [1.54, 1.807) is 25.6 Å². The Kier molecular flexibility index (Phi) is 6.50. The summed E-state index contributed by atoms with van der Waals surface area (Å²) in [5.74, 6) is 1.63. The van der Waals surface area contributed by atoms with Gasteiger partial charge in [-0.25, -0.2) is 4.98 Å². The summed E-state index contributed by atoms with van der Waals surface area (Å²) in [6, 6.07) is 14.1. The lowest BCUT2D eigenvalue weighted by Gasteiger charge is -2.32. The number of quaternary nitrogens is 1. The number of nitrogens with one attached hydrogen (secondary N) is 1. The summed E-state index contributed by atoms with van der Waals surface area (Å²) in [6.07, 6.45) is 1.13. The van der Waals surface area contributed by atoms with Gasteiger partial charge in [-0.05, 0) is 30.2 Å². The van der Waals surface area contributed by atoms with E-state index in [1.165, 1.54) is 14.6 Å². The summed E-state index contributed by atoms with van der Waals surface area (Å²) in [5, 5.41) is 1.18. The van der Waals surface area contributed by atoms with Gasteiger partial charge in [0.15, 0.2) is 11.5 Å². The van der Waals surface area contributed by atoms with Gasteiger partial charge in [0.25, 0.3) is 0 Å². The Hall–Kier alpha value is -2.64. The predicted molar refractivity (Wildman–Crippen MR) is 118 cm³/mol. The van der Waals surface area contributed by atoms with Gasteiger partial charge in [0.2, 0.25) is 5.91 Å². The number of thiazole rings is 1. The fourth-order valence-electron chi connectivity index (χ4n) is 4.01. The van der Waals surface area contributed by atoms with Gasteiger partial charge >= 0.3 is 0 Å². The standard InChI is InChI=1S/C23H27N3O3S/c1-28-19-8-5-6-17(23(19)29-2)10-11-22(27)26-14-12-25(13-15-26)16-21-24-18-7-3-4-9-20(18)30-21/h3-9H,10-16H2,1-2H3/p+1. The van der Waals surface area contributed by atoms with E-state index in [-0.39, 0.29) is 5.91 Å². The molecule has 1 aliphatic heterocycles. The van der Waals surface area contributed by atoms with E-state index >= 15 is 0 Å². The van der Waals surface area contributed by atoms with Crippen LogP contribution in [0.1, 0.15) is 17.0 Å². The average Bonchev–Trinajstić information content (AvgIpc) is 3.19. The molecule has 0 unspecified atom stereocenters. The maximum absolute atomic E-state index is 12.7. The fourth-order valence-corrected chi connectivity index (χ4v) is 5.05. The summed E-state index contributed by atoms with van der Waals surface area (Å²) in [7, 11) is 3.26. The van der Waals surface area contributed by atoms with Gasteiger partial charge in [0, 0.05) is 6.42 Å². The van der Waals surface area contributed by atoms with Crippen molar-refractivity contribution in [3.63, 3.8) is 0 Å². The van der Waals surface area contributed by atoms with Crippen LogP contribution in [0.5, 0.6) is 11.5 Å². The van der Waals surface area contributed by atoms with Crippen LogP contribution in [0, 0.1) is 0 Å². The van der Waals surface area contributed by atoms with Crippen LogP contribution in [0.15, 0.2) is 42.5 Å². The minimum absolute atomic E-state index is 0.207. The number of hydrogen-bond donors (Lipinski definition) is 1. The summed E-state index contributed by atoms with van der Waals surface area (Å²) in [5.41, 5.74) is 2.09. The number of para-hydroxylation sites is 2. The molecule has 1 amide bonds. The first-order valence-corrected chi connectivity index (χ1v) is 11.1. The van der Waals surface area contributed by atoms with E-state index in [2.05, 4.69) is 18.2 Å². The molecule has 4 rings (SSSR count). The maximum atomic E-state index is 12.7. The summed E-state index contributed by atoms with van der Waals surface area (Å²) in [6.45, 7) is 4.46. The first-order chi connectivity index (χ1) is 14.7. The van der Waals surface area contributed by atoms with Crippen LogP contribution in [0.2, 0.25) is 0 Å². The number of rotatable bonds is 7. The Morgan fingerprint density at radius 3 is 2.63 bits per heavy atom. The third kappa shape index (κ3) is 4.57. The summed E-state index contributed by atoms with van der Waals surface area (Å²) >= 11 is 1.78. The van der Waals surface area contributed by atoms with Crippen LogP contribution in [-0.4, -0.2) is 56.2 Å². The van der Waals surface area contributed by atoms with Gasteiger partial charge in [0.05, 0.1) is 50.6 Å². The van der Waals surface area contributed by atoms with E-state index in [4.69, 9.17) is 14.5 Å². The minimum atomic E-state index is 0.207. The molecule has 0 radical (unpaired) electrons. The number of methoxy groups -OCH3 is 2. The number of hydrogen-bond acceptors (Lipinski definition) is 5. The smallest absolute Gasteiger partial charge is 0.223 e. The third-order valence-corrected chi connectivity index (χ3v) is 6.69. The molecule has 3 aromatic rings. The second-order valence-corrected chi connectivity index (χ2v) is 8.65. The molecule has 2 aromatic carbocycles. The number of carbonyl (C=O) groups excluding carboxylic acids is 1. The molecule has 1 saturated heterocycles. The first-order valence-electron chi connectivity index (χ1n) is 10.3. The number of benzene rings is 2. The lowest BCUT2D eigenvalue weighted by molar-refractivity contribution is -0.917. The number of aromatic nitrogens is 1. The second kappa shape index (κ2) is 9.45. The number of ether oxygens (including phenoxy) is 2. The molecular formula is C23H28N3O3S+. The molecule has 0 atom stereocenters. The summed E-state index contributed by atoms with van der Waals surface area (Å²) in [4.78, 5) is 21.0. The highest BCUT2D eigenvalue weighted by atomic mass is 32.1. The zero-order chi connectivity index (χ0) is 20.9. The average molecular weight is 427 g/mol. The van der Waals surface area contributed by atoms with Crippen LogP contribution >= 0.6 is 11.3 Å². The molecule has 6 nitrogen and oxygen atoms in total. The first kappa shape index (κ1) is 20.6. The van der Waals surface area contributed by atoms with Crippen molar-refractivity contribution in [3.05, 3.63) is 53.0 Å². The van der Waals surface area contributed by atoms with E-state index in [9.17, 15) is 4.79 Å². The lowest BCUT2D eigenvalue weighted by Crippen LogP contribution is -3.13. The number of amides is 1. The molecule has 158 valence electrons. The largest absolute Gasteiger partial charge is 0.493 e. The SMILES string of the molecule is COc1cccc(CCC(=O)N2CC[NH+](Cc3nc4ccccc4s3)CC2)c1OC. The highest BCUT2D eigenvalue weighted by Crippen LogP contribution is 2.31. The van der Waals surface area contributed by atoms with E-state index < -0.39 is 0 Å². The molecule has 7 heteroatoms. The molecule has 1 aromatic heterocycles. The van der Waals surface area contributed by atoms with E-state index in [1.807, 2.05) is 29.2 Å². The van der Waals surface area contributed by atoms with Crippen LogP contribution in [0.3, 0.4) is 0 Å². The topological polar surface area (TPSA) is 56.1 Å². The lowest BCUT2D eigenvalue weighted by atomic mass is 10.1. The molecule has 2 heterocycles. The Labute approximate surface area is 181 Å². The Morgan fingerprint density at radius 2 is 1.90 bits per heavy atom. The Balaban J connectivity index is 1.28. The van der Waals surface area contributed by atoms with Crippen LogP contribution in [0.4, 0.5) is 0 Å². The van der Waals surface area contributed by atoms with Crippen LogP contribution in [0.25, 0.3) is 10.2 Å². The fraction of sp³-hybridized carbons (Fsp3) is 0.391. The van der Waals surface area contributed by atoms with Crippen molar-refractivity contribution < 1.29 is 19.2 Å². The van der Waals surface area contributed by atoms with E-state index in [0.717, 1.165) is 49.6 Å². The van der Waals surface area contributed by atoms with Gasteiger partial charge in [0.1, 0.15) is 11.6 Å². The second-order valence-electron chi connectivity index (χ2n) is 7.54. The zero-order valence-electron chi connectivity index (χ0n) is 17.5. The molecule has 0 spiro atoms. The van der Waals surface area contributed by atoms with Crippen molar-refractivity contribution in [2.75, 3.05) is 40.4 Å². The number of aryl methyl sites for hydroxylation is 1. The summed E-state index contributed by atoms with van der Waals surface area (Å²) < 4.78 is 12.1. The van der Waals surface area contributed by atoms with Crippen molar-refractivity contribution in [1.82, 2.24) is 9.88 Å². The normalized spacial score (nSPS) is 14.8. The van der Waals surface area contributed by atoms with Gasteiger partial charge in [-0.2, -0.15) is 0 Å². The van der Waals surface area contributed by atoms with Crippen LogP contribution in [-0.2, 0) is 17.8 Å². The van der Waals surface area contributed by atoms with E-state index in [0.29, 0.717) is 18.6 Å². The van der Waals surface area contributed by atoms with Crippen molar-refractivity contribution in [2.24, 2.45) is 0 Å². The number of fused-ring (bicyclic) bond motifs is 1. The van der Waals surface area contributed by atoms with Crippen molar-refractivity contribution >= 4 is 27.5 Å². The Morgan fingerprint density at radius 1 is 1.10 bits per heavy atom. The number of carbonyl (C=O) groups is 1. The van der Waals surface area contributed by atoms with Crippen LogP contribution < -0.4 is 14.4 Å². The maximum Gasteiger partial charge on any atom is 0.223 e. The van der Waals surface area contributed by atoms with Crippen molar-refractivity contribution in [2.45, 2.75) is 19.4 Å². The Bertz CT molecular complexity index is 979. The highest BCUT2D eigenvalue weighted by Gasteiger charge is 2.24. The minimum Gasteiger partial charge on any atom is -0.493 e. The molecular weight excluding hydrogens is 398 g/mol. The predicted octanol–water partition coefficient (Wildman–Crippen LogP) is 2.17.